The van der Waals surface area contributed by atoms with E-state index < -0.39 is 23.6 Å². The average molecular weight is 287 g/mol. The summed E-state index contributed by atoms with van der Waals surface area (Å²) in [5, 5.41) is 1.85. The van der Waals surface area contributed by atoms with Crippen LogP contribution in [0.3, 0.4) is 0 Å². The summed E-state index contributed by atoms with van der Waals surface area (Å²) in [6, 6.07) is 5.68. The van der Waals surface area contributed by atoms with Crippen LogP contribution in [0.25, 0.3) is 0 Å². The van der Waals surface area contributed by atoms with E-state index in [2.05, 4.69) is 10.3 Å². The number of nitrogens with one attached hydrogen (secondary N) is 1. The fourth-order valence-electron chi connectivity index (χ4n) is 1.37. The van der Waals surface area contributed by atoms with Gasteiger partial charge in [0.15, 0.2) is 5.82 Å². The van der Waals surface area contributed by atoms with Crippen LogP contribution in [0.1, 0.15) is 10.4 Å². The number of benzene rings is 1. The highest BCUT2D eigenvalue weighted by atomic mass is 35.5. The third-order valence-electron chi connectivity index (χ3n) is 2.26. The van der Waals surface area contributed by atoms with Crippen molar-refractivity contribution in [2.45, 2.75) is 0 Å². The fourth-order valence-corrected chi connectivity index (χ4v) is 1.55. The second-order valence-corrected chi connectivity index (χ2v) is 3.94. The van der Waals surface area contributed by atoms with Crippen molar-refractivity contribution in [2.75, 3.05) is 5.32 Å². The van der Waals surface area contributed by atoms with E-state index in [1.54, 1.807) is 0 Å². The maximum Gasteiger partial charge on any atom is 0.258 e. The minimum atomic E-state index is -1.20. The zero-order valence-corrected chi connectivity index (χ0v) is 10.0. The normalized spacial score (nSPS) is 10.3. The van der Waals surface area contributed by atoms with Crippen LogP contribution in [-0.4, -0.2) is 10.9 Å². The highest BCUT2D eigenvalue weighted by Gasteiger charge is 2.16. The molecule has 98 valence electrons. The summed E-state index contributed by atoms with van der Waals surface area (Å²) >= 11 is 5.52. The molecule has 1 heterocycles. The molecular formula is C12H6ClF3N2O. The first-order valence-electron chi connectivity index (χ1n) is 5.06. The maximum atomic E-state index is 13.6. The lowest BCUT2D eigenvalue weighted by Gasteiger charge is -2.07. The lowest BCUT2D eigenvalue weighted by molar-refractivity contribution is 0.102. The molecule has 0 bridgehead atoms. The summed E-state index contributed by atoms with van der Waals surface area (Å²) in [6.45, 7) is 0. The van der Waals surface area contributed by atoms with E-state index >= 15 is 0 Å². The highest BCUT2D eigenvalue weighted by molar-refractivity contribution is 6.31. The summed E-state index contributed by atoms with van der Waals surface area (Å²) in [4.78, 5) is 14.6. The van der Waals surface area contributed by atoms with Crippen molar-refractivity contribution >= 4 is 23.2 Å². The quantitative estimate of drug-likeness (QED) is 0.860. The number of aromatic nitrogens is 1. The Hall–Kier alpha value is -2.08. The molecule has 0 aliphatic heterocycles. The predicted molar refractivity (Wildman–Crippen MR) is 63.5 cm³/mol. The van der Waals surface area contributed by atoms with Crippen LogP contribution < -0.4 is 5.32 Å². The van der Waals surface area contributed by atoms with Crippen LogP contribution in [-0.2, 0) is 0 Å². The zero-order chi connectivity index (χ0) is 14.0. The molecular weight excluding hydrogens is 281 g/mol. The SMILES string of the molecule is O=C(Nc1ccc(F)nc1F)c1cccc(Cl)c1F. The van der Waals surface area contributed by atoms with E-state index in [-0.39, 0.29) is 16.3 Å². The van der Waals surface area contributed by atoms with Gasteiger partial charge in [0, 0.05) is 0 Å². The molecule has 0 aliphatic carbocycles. The molecule has 3 nitrogen and oxygen atoms in total. The topological polar surface area (TPSA) is 42.0 Å². The Morgan fingerprint density at radius 1 is 1.16 bits per heavy atom. The van der Waals surface area contributed by atoms with Gasteiger partial charge < -0.3 is 5.32 Å². The first kappa shape index (κ1) is 13.4. The van der Waals surface area contributed by atoms with Gasteiger partial charge in [0.2, 0.25) is 11.9 Å². The predicted octanol–water partition coefficient (Wildman–Crippen LogP) is 3.40. The Kier molecular flexibility index (Phi) is 3.71. The summed E-state index contributed by atoms with van der Waals surface area (Å²) < 4.78 is 39.4. The molecule has 0 aliphatic rings. The van der Waals surface area contributed by atoms with Crippen LogP contribution in [0.5, 0.6) is 0 Å². The van der Waals surface area contributed by atoms with Crippen LogP contribution in [0, 0.1) is 17.7 Å². The van der Waals surface area contributed by atoms with Crippen molar-refractivity contribution in [3.63, 3.8) is 0 Å². The first-order chi connectivity index (χ1) is 8.99. The molecule has 0 saturated carbocycles. The van der Waals surface area contributed by atoms with Crippen molar-refractivity contribution in [3.8, 4) is 0 Å². The molecule has 0 radical (unpaired) electrons. The Balaban J connectivity index is 2.28. The van der Waals surface area contributed by atoms with E-state index in [1.165, 1.54) is 18.2 Å². The molecule has 1 N–H and O–H groups in total. The lowest BCUT2D eigenvalue weighted by atomic mass is 10.2. The third-order valence-corrected chi connectivity index (χ3v) is 2.55. The van der Waals surface area contributed by atoms with Crippen LogP contribution >= 0.6 is 11.6 Å². The van der Waals surface area contributed by atoms with Gasteiger partial charge in [-0.2, -0.15) is 13.8 Å². The standard InChI is InChI=1S/C12H6ClF3N2O/c13-7-3-1-2-6(10(7)15)12(19)17-8-4-5-9(14)18-11(8)16/h1-5H,(H,17,19). The number of hydrogen-bond donors (Lipinski definition) is 1. The van der Waals surface area contributed by atoms with E-state index in [0.717, 1.165) is 12.1 Å². The van der Waals surface area contributed by atoms with Crippen molar-refractivity contribution in [1.82, 2.24) is 4.98 Å². The molecule has 19 heavy (non-hydrogen) atoms. The second kappa shape index (κ2) is 5.27. The largest absolute Gasteiger partial charge is 0.318 e. The van der Waals surface area contributed by atoms with Gasteiger partial charge in [-0.3, -0.25) is 4.79 Å². The number of rotatable bonds is 2. The fraction of sp³-hybridized carbons (Fsp3) is 0. The Morgan fingerprint density at radius 2 is 1.89 bits per heavy atom. The molecule has 7 heteroatoms. The number of pyridine rings is 1. The first-order valence-corrected chi connectivity index (χ1v) is 5.44. The summed E-state index contributed by atoms with van der Waals surface area (Å²) in [5.74, 6) is -4.05. The Labute approximate surface area is 111 Å². The Morgan fingerprint density at radius 3 is 2.58 bits per heavy atom. The van der Waals surface area contributed by atoms with Gasteiger partial charge in [-0.15, -0.1) is 0 Å². The van der Waals surface area contributed by atoms with Crippen molar-refractivity contribution in [2.24, 2.45) is 0 Å². The van der Waals surface area contributed by atoms with E-state index in [4.69, 9.17) is 11.6 Å². The maximum absolute atomic E-state index is 13.6. The Bertz CT molecular complexity index is 649. The second-order valence-electron chi connectivity index (χ2n) is 3.53. The van der Waals surface area contributed by atoms with Crippen molar-refractivity contribution < 1.29 is 18.0 Å². The van der Waals surface area contributed by atoms with E-state index in [9.17, 15) is 18.0 Å². The van der Waals surface area contributed by atoms with Gasteiger partial charge in [0.05, 0.1) is 16.3 Å². The third kappa shape index (κ3) is 2.85. The molecule has 0 spiro atoms. The molecule has 0 saturated heterocycles. The molecule has 0 unspecified atom stereocenters. The van der Waals surface area contributed by atoms with Gasteiger partial charge in [-0.05, 0) is 24.3 Å². The van der Waals surface area contributed by atoms with Gasteiger partial charge in [-0.25, -0.2) is 4.39 Å². The number of hydrogen-bond acceptors (Lipinski definition) is 2. The van der Waals surface area contributed by atoms with Crippen molar-refractivity contribution in [1.29, 1.82) is 0 Å². The number of carbonyl (C=O) groups is 1. The number of carbonyl (C=O) groups excluding carboxylic acids is 1. The smallest absolute Gasteiger partial charge is 0.258 e. The highest BCUT2D eigenvalue weighted by Crippen LogP contribution is 2.20. The summed E-state index contributed by atoms with van der Waals surface area (Å²) in [7, 11) is 0. The minimum Gasteiger partial charge on any atom is -0.318 e. The summed E-state index contributed by atoms with van der Waals surface area (Å²) in [5.41, 5.74) is -0.706. The monoisotopic (exact) mass is 286 g/mol. The zero-order valence-electron chi connectivity index (χ0n) is 9.25. The lowest BCUT2D eigenvalue weighted by Crippen LogP contribution is -2.15. The van der Waals surface area contributed by atoms with Gasteiger partial charge in [-0.1, -0.05) is 17.7 Å². The average Bonchev–Trinajstić information content (AvgIpc) is 2.36. The molecule has 1 aromatic carbocycles. The molecule has 2 aromatic rings. The summed E-state index contributed by atoms with van der Waals surface area (Å²) in [6.07, 6.45) is 0. The number of amides is 1. The number of anilines is 1. The molecule has 0 fully saturated rings. The van der Waals surface area contributed by atoms with E-state index in [1.807, 2.05) is 0 Å². The molecule has 1 aromatic heterocycles. The van der Waals surface area contributed by atoms with Crippen molar-refractivity contribution in [3.05, 3.63) is 58.6 Å². The number of halogens is 4. The van der Waals surface area contributed by atoms with Crippen LogP contribution in [0.4, 0.5) is 18.9 Å². The van der Waals surface area contributed by atoms with Crippen LogP contribution in [0.15, 0.2) is 30.3 Å². The van der Waals surface area contributed by atoms with E-state index in [0.29, 0.717) is 0 Å². The molecule has 0 atom stereocenters. The molecule has 2 rings (SSSR count). The number of nitrogens with zero attached hydrogens (tertiary/aromatic N) is 1. The van der Waals surface area contributed by atoms with Gasteiger partial charge in [0.25, 0.3) is 5.91 Å². The minimum absolute atomic E-state index is 0.231. The van der Waals surface area contributed by atoms with Crippen LogP contribution in [0.2, 0.25) is 5.02 Å². The van der Waals surface area contributed by atoms with Gasteiger partial charge in [0.1, 0.15) is 0 Å². The molecule has 1 amide bonds. The van der Waals surface area contributed by atoms with Gasteiger partial charge >= 0.3 is 0 Å².